The third-order valence-corrected chi connectivity index (χ3v) is 6.78. The maximum absolute atomic E-state index is 13.2. The van der Waals surface area contributed by atoms with E-state index >= 15 is 0 Å². The van der Waals surface area contributed by atoms with Crippen molar-refractivity contribution < 1.29 is 13.2 Å². The third kappa shape index (κ3) is 5.03. The second kappa shape index (κ2) is 9.05. The number of halogens is 3. The molecule has 5 nitrogen and oxygen atoms in total. The maximum Gasteiger partial charge on any atom is 0.264 e. The lowest BCUT2D eigenvalue weighted by Gasteiger charge is -2.24. The number of hydrogen-bond donors (Lipinski definition) is 1. The number of benzene rings is 3. The van der Waals surface area contributed by atoms with Gasteiger partial charge in [0.1, 0.15) is 6.54 Å². The molecule has 0 heterocycles. The van der Waals surface area contributed by atoms with Crippen molar-refractivity contribution in [1.29, 1.82) is 0 Å². The molecule has 1 N–H and O–H groups in total. The zero-order chi connectivity index (χ0) is 21.0. The van der Waals surface area contributed by atoms with Crippen LogP contribution in [0.1, 0.15) is 0 Å². The van der Waals surface area contributed by atoms with Gasteiger partial charge in [-0.15, -0.1) is 0 Å². The second-order valence-corrected chi connectivity index (χ2v) is 9.04. The summed E-state index contributed by atoms with van der Waals surface area (Å²) < 4.78 is 27.4. The van der Waals surface area contributed by atoms with Gasteiger partial charge in [0.25, 0.3) is 10.0 Å². The van der Waals surface area contributed by atoms with Crippen LogP contribution >= 0.6 is 34.8 Å². The van der Waals surface area contributed by atoms with Crippen molar-refractivity contribution in [1.82, 2.24) is 0 Å². The maximum atomic E-state index is 13.2. The first kappa shape index (κ1) is 21.5. The van der Waals surface area contributed by atoms with Gasteiger partial charge in [0.2, 0.25) is 5.91 Å². The molecule has 3 aromatic carbocycles. The van der Waals surface area contributed by atoms with E-state index in [0.717, 1.165) is 4.31 Å². The summed E-state index contributed by atoms with van der Waals surface area (Å²) in [5, 5.41) is 3.38. The Morgan fingerprint density at radius 2 is 1.59 bits per heavy atom. The quantitative estimate of drug-likeness (QED) is 0.520. The fourth-order valence-corrected chi connectivity index (χ4v) is 4.55. The van der Waals surface area contributed by atoms with Crippen LogP contribution in [-0.2, 0) is 14.8 Å². The Morgan fingerprint density at radius 1 is 0.897 bits per heavy atom. The summed E-state index contributed by atoms with van der Waals surface area (Å²) in [6.07, 6.45) is 0. The first-order valence-corrected chi connectivity index (χ1v) is 10.9. The Balaban J connectivity index is 1.96. The van der Waals surface area contributed by atoms with Crippen molar-refractivity contribution >= 4 is 62.1 Å². The molecule has 0 aliphatic heterocycles. The zero-order valence-electron chi connectivity index (χ0n) is 14.8. The van der Waals surface area contributed by atoms with Crippen molar-refractivity contribution in [3.05, 3.63) is 87.9 Å². The van der Waals surface area contributed by atoms with Gasteiger partial charge < -0.3 is 5.32 Å². The minimum absolute atomic E-state index is 0.0496. The fourth-order valence-electron chi connectivity index (χ4n) is 2.59. The molecule has 29 heavy (non-hydrogen) atoms. The molecular formula is C20H15Cl3N2O3S. The van der Waals surface area contributed by atoms with Crippen molar-refractivity contribution in [2.45, 2.75) is 4.90 Å². The van der Waals surface area contributed by atoms with Crippen LogP contribution < -0.4 is 9.62 Å². The van der Waals surface area contributed by atoms with Gasteiger partial charge in [0.15, 0.2) is 0 Å². The second-order valence-electron chi connectivity index (χ2n) is 5.95. The zero-order valence-corrected chi connectivity index (χ0v) is 17.9. The summed E-state index contributed by atoms with van der Waals surface area (Å²) >= 11 is 18.1. The molecule has 0 bridgehead atoms. The minimum Gasteiger partial charge on any atom is -0.323 e. The van der Waals surface area contributed by atoms with Crippen LogP contribution in [0.5, 0.6) is 0 Å². The SMILES string of the molecule is O=C(CN(c1cccc(Cl)c1)S(=O)(=O)c1ccccc1)Nc1cccc(Cl)c1Cl. The number of sulfonamides is 1. The molecule has 0 aromatic heterocycles. The topological polar surface area (TPSA) is 66.5 Å². The Bertz CT molecular complexity index is 1140. The third-order valence-electron chi connectivity index (χ3n) is 3.94. The molecule has 9 heteroatoms. The lowest BCUT2D eigenvalue weighted by atomic mass is 10.3. The smallest absolute Gasteiger partial charge is 0.264 e. The normalized spacial score (nSPS) is 11.1. The van der Waals surface area contributed by atoms with E-state index in [0.29, 0.717) is 5.02 Å². The molecule has 0 saturated heterocycles. The van der Waals surface area contributed by atoms with Crippen LogP contribution in [-0.4, -0.2) is 20.9 Å². The van der Waals surface area contributed by atoms with Gasteiger partial charge >= 0.3 is 0 Å². The summed E-state index contributed by atoms with van der Waals surface area (Å²) in [5.41, 5.74) is 0.543. The molecule has 0 fully saturated rings. The van der Waals surface area contributed by atoms with E-state index in [1.54, 1.807) is 54.6 Å². The number of nitrogens with one attached hydrogen (secondary N) is 1. The summed E-state index contributed by atoms with van der Waals surface area (Å²) in [5.74, 6) is -0.589. The number of anilines is 2. The fraction of sp³-hybridized carbons (Fsp3) is 0.0500. The number of amides is 1. The van der Waals surface area contributed by atoms with Crippen LogP contribution in [0.15, 0.2) is 77.7 Å². The van der Waals surface area contributed by atoms with Crippen molar-refractivity contribution in [3.63, 3.8) is 0 Å². The molecule has 1 amide bonds. The standard InChI is InChI=1S/C20H15Cl3N2O3S/c21-14-6-4-7-15(12-14)25(29(27,28)16-8-2-1-3-9-16)13-19(26)24-18-11-5-10-17(22)20(18)23/h1-12H,13H2,(H,24,26). The van der Waals surface area contributed by atoms with E-state index in [2.05, 4.69) is 5.32 Å². The molecule has 0 saturated carbocycles. The summed E-state index contributed by atoms with van der Waals surface area (Å²) in [7, 11) is -4.02. The van der Waals surface area contributed by atoms with E-state index < -0.39 is 22.5 Å². The van der Waals surface area contributed by atoms with E-state index in [1.165, 1.54) is 18.2 Å². The Morgan fingerprint density at radius 3 is 2.28 bits per heavy atom. The summed E-state index contributed by atoms with van der Waals surface area (Å²) in [4.78, 5) is 12.7. The summed E-state index contributed by atoms with van der Waals surface area (Å²) in [6, 6.07) is 18.9. The lowest BCUT2D eigenvalue weighted by molar-refractivity contribution is -0.114. The van der Waals surface area contributed by atoms with Gasteiger partial charge in [-0.05, 0) is 42.5 Å². The number of nitrogens with zero attached hydrogens (tertiary/aromatic N) is 1. The van der Waals surface area contributed by atoms with Crippen LogP contribution in [0.3, 0.4) is 0 Å². The van der Waals surface area contributed by atoms with Crippen molar-refractivity contribution in [2.24, 2.45) is 0 Å². The van der Waals surface area contributed by atoms with Gasteiger partial charge in [0, 0.05) is 5.02 Å². The Kier molecular flexibility index (Phi) is 6.70. The van der Waals surface area contributed by atoms with Crippen LogP contribution in [0.25, 0.3) is 0 Å². The van der Waals surface area contributed by atoms with Crippen LogP contribution in [0.2, 0.25) is 15.1 Å². The highest BCUT2D eigenvalue weighted by molar-refractivity contribution is 7.92. The van der Waals surface area contributed by atoms with Gasteiger partial charge in [-0.25, -0.2) is 8.42 Å². The monoisotopic (exact) mass is 468 g/mol. The highest BCUT2D eigenvalue weighted by Crippen LogP contribution is 2.30. The Labute approximate surface area is 183 Å². The first-order chi connectivity index (χ1) is 13.8. The molecule has 150 valence electrons. The van der Waals surface area contributed by atoms with Crippen LogP contribution in [0.4, 0.5) is 11.4 Å². The number of hydrogen-bond acceptors (Lipinski definition) is 3. The molecule has 3 rings (SSSR count). The average molecular weight is 470 g/mol. The highest BCUT2D eigenvalue weighted by Gasteiger charge is 2.27. The molecule has 0 unspecified atom stereocenters. The van der Waals surface area contributed by atoms with E-state index in [1.807, 2.05) is 0 Å². The molecule has 0 aliphatic rings. The largest absolute Gasteiger partial charge is 0.323 e. The molecule has 0 radical (unpaired) electrons. The number of carbonyl (C=O) groups excluding carboxylic acids is 1. The predicted molar refractivity (Wildman–Crippen MR) is 118 cm³/mol. The van der Waals surface area contributed by atoms with E-state index in [9.17, 15) is 13.2 Å². The minimum atomic E-state index is -4.02. The number of rotatable bonds is 6. The molecule has 3 aromatic rings. The van der Waals surface area contributed by atoms with Gasteiger partial charge in [-0.2, -0.15) is 0 Å². The molecule has 0 aliphatic carbocycles. The first-order valence-electron chi connectivity index (χ1n) is 8.36. The van der Waals surface area contributed by atoms with Crippen LogP contribution in [0, 0.1) is 0 Å². The average Bonchev–Trinajstić information content (AvgIpc) is 2.70. The number of carbonyl (C=O) groups is 1. The Hall–Kier alpha value is -2.25. The van der Waals surface area contributed by atoms with Crippen molar-refractivity contribution in [3.8, 4) is 0 Å². The lowest BCUT2D eigenvalue weighted by Crippen LogP contribution is -2.38. The van der Waals surface area contributed by atoms with Gasteiger partial charge in [0.05, 0.1) is 26.3 Å². The summed E-state index contributed by atoms with van der Waals surface area (Å²) in [6.45, 7) is -0.486. The van der Waals surface area contributed by atoms with E-state index in [4.69, 9.17) is 34.8 Å². The van der Waals surface area contributed by atoms with Gasteiger partial charge in [-0.1, -0.05) is 65.1 Å². The molecular weight excluding hydrogens is 455 g/mol. The predicted octanol–water partition coefficient (Wildman–Crippen LogP) is 5.48. The highest BCUT2D eigenvalue weighted by atomic mass is 35.5. The van der Waals surface area contributed by atoms with E-state index in [-0.39, 0.29) is 26.3 Å². The van der Waals surface area contributed by atoms with Gasteiger partial charge in [-0.3, -0.25) is 9.10 Å². The van der Waals surface area contributed by atoms with Crippen molar-refractivity contribution in [2.75, 3.05) is 16.2 Å². The molecule has 0 atom stereocenters. The molecule has 0 spiro atoms.